The molecular weight excluding hydrogens is 230 g/mol. The molecule has 0 fully saturated rings. The molecule has 96 valence electrons. The fourth-order valence-corrected chi connectivity index (χ4v) is 2.00. The number of amides is 1. The molecule has 0 unspecified atom stereocenters. The zero-order valence-corrected chi connectivity index (χ0v) is 10.8. The minimum Gasteiger partial charge on any atom is -0.353 e. The Balaban J connectivity index is 4.60. The molecule has 0 aliphatic heterocycles. The molecule has 6 nitrogen and oxygen atoms in total. The predicted molar refractivity (Wildman–Crippen MR) is 63.3 cm³/mol. The lowest BCUT2D eigenvalue weighted by Gasteiger charge is -2.22. The summed E-state index contributed by atoms with van der Waals surface area (Å²) >= 11 is 0. The molecule has 0 aliphatic rings. The zero-order valence-electron chi connectivity index (χ0n) is 9.99. The van der Waals surface area contributed by atoms with Crippen LogP contribution in [0.3, 0.4) is 0 Å². The summed E-state index contributed by atoms with van der Waals surface area (Å²) < 4.78 is 24.6. The molecule has 0 rings (SSSR count). The van der Waals surface area contributed by atoms with Crippen molar-refractivity contribution in [1.82, 2.24) is 10.0 Å². The molecule has 0 spiro atoms. The van der Waals surface area contributed by atoms with Crippen molar-refractivity contribution >= 4 is 15.9 Å². The molecule has 7 heteroatoms. The van der Waals surface area contributed by atoms with Crippen molar-refractivity contribution < 1.29 is 13.2 Å². The van der Waals surface area contributed by atoms with Gasteiger partial charge in [-0.3, -0.25) is 4.79 Å². The van der Waals surface area contributed by atoms with E-state index in [1.807, 2.05) is 13.8 Å². The summed E-state index contributed by atoms with van der Waals surface area (Å²) in [7, 11) is -3.39. The van der Waals surface area contributed by atoms with Crippen LogP contribution in [0.1, 0.15) is 20.3 Å². The van der Waals surface area contributed by atoms with Gasteiger partial charge in [-0.05, 0) is 5.92 Å². The summed E-state index contributed by atoms with van der Waals surface area (Å²) in [5.41, 5.74) is 5.26. The van der Waals surface area contributed by atoms with E-state index < -0.39 is 16.1 Å². The number of sulfonamides is 1. The Labute approximate surface area is 97.0 Å². The molecule has 0 aromatic rings. The number of carbonyl (C=O) groups is 1. The molecular formula is C9H21N3O3S. The molecule has 0 aromatic carbocycles. The second-order valence-electron chi connectivity index (χ2n) is 3.83. The highest BCUT2D eigenvalue weighted by Gasteiger charge is 2.26. The summed E-state index contributed by atoms with van der Waals surface area (Å²) in [6, 6.07) is -0.730. The molecule has 1 amide bonds. The largest absolute Gasteiger partial charge is 0.353 e. The van der Waals surface area contributed by atoms with Gasteiger partial charge < -0.3 is 11.1 Å². The van der Waals surface area contributed by atoms with Gasteiger partial charge in [0.15, 0.2) is 0 Å². The van der Waals surface area contributed by atoms with E-state index in [0.717, 1.165) is 6.26 Å². The van der Waals surface area contributed by atoms with Gasteiger partial charge in [-0.2, -0.15) is 0 Å². The van der Waals surface area contributed by atoms with Crippen LogP contribution < -0.4 is 15.8 Å². The third kappa shape index (κ3) is 6.04. The Morgan fingerprint density at radius 2 is 2.00 bits per heavy atom. The molecule has 0 heterocycles. The maximum atomic E-state index is 11.7. The first-order valence-corrected chi connectivity index (χ1v) is 7.16. The van der Waals surface area contributed by atoms with Crippen LogP contribution in [0.5, 0.6) is 0 Å². The standard InChI is InChI=1S/C9H21N3O3S/c1-4-7(2)8(12-16(3,14)15)9(13)11-6-5-10/h7-8,12H,4-6,10H2,1-3H3,(H,11,13)/t7-,8-/m0/s1. The monoisotopic (exact) mass is 251 g/mol. The van der Waals surface area contributed by atoms with Gasteiger partial charge in [0.2, 0.25) is 15.9 Å². The minimum absolute atomic E-state index is 0.0625. The number of hydrogen-bond acceptors (Lipinski definition) is 4. The fraction of sp³-hybridized carbons (Fsp3) is 0.889. The summed E-state index contributed by atoms with van der Waals surface area (Å²) in [6.45, 7) is 4.40. The highest BCUT2D eigenvalue weighted by atomic mass is 32.2. The average molecular weight is 251 g/mol. The van der Waals surface area contributed by atoms with Crippen LogP contribution in [0.2, 0.25) is 0 Å². The van der Waals surface area contributed by atoms with Crippen LogP contribution in [-0.2, 0) is 14.8 Å². The SMILES string of the molecule is CC[C@H](C)[C@H](NS(C)(=O)=O)C(=O)NCCN. The normalized spacial score (nSPS) is 15.5. The van der Waals surface area contributed by atoms with Crippen molar-refractivity contribution in [2.24, 2.45) is 11.7 Å². The number of nitrogens with one attached hydrogen (secondary N) is 2. The van der Waals surface area contributed by atoms with Gasteiger partial charge in [0.25, 0.3) is 0 Å². The van der Waals surface area contributed by atoms with Crippen molar-refractivity contribution in [3.63, 3.8) is 0 Å². The van der Waals surface area contributed by atoms with Gasteiger partial charge in [0.05, 0.1) is 6.26 Å². The second-order valence-corrected chi connectivity index (χ2v) is 5.61. The average Bonchev–Trinajstić information content (AvgIpc) is 2.20. The van der Waals surface area contributed by atoms with Gasteiger partial charge in [-0.25, -0.2) is 13.1 Å². The summed E-state index contributed by atoms with van der Waals surface area (Å²) in [6.07, 6.45) is 1.75. The maximum Gasteiger partial charge on any atom is 0.238 e. The van der Waals surface area contributed by atoms with E-state index in [1.165, 1.54) is 0 Å². The fourth-order valence-electron chi connectivity index (χ4n) is 1.20. The van der Waals surface area contributed by atoms with Gasteiger partial charge in [0.1, 0.15) is 6.04 Å². The maximum absolute atomic E-state index is 11.7. The van der Waals surface area contributed by atoms with E-state index in [9.17, 15) is 13.2 Å². The third-order valence-electron chi connectivity index (χ3n) is 2.28. The number of carbonyl (C=O) groups excluding carboxylic acids is 1. The van der Waals surface area contributed by atoms with Gasteiger partial charge in [-0.1, -0.05) is 20.3 Å². The number of nitrogens with two attached hydrogens (primary N) is 1. The van der Waals surface area contributed by atoms with E-state index in [-0.39, 0.29) is 11.8 Å². The lowest BCUT2D eigenvalue weighted by Crippen LogP contribution is -2.50. The summed E-state index contributed by atoms with van der Waals surface area (Å²) in [4.78, 5) is 11.7. The van der Waals surface area contributed by atoms with Crippen LogP contribution >= 0.6 is 0 Å². The molecule has 2 atom stereocenters. The predicted octanol–water partition coefficient (Wildman–Crippen LogP) is -0.975. The van der Waals surface area contributed by atoms with Gasteiger partial charge >= 0.3 is 0 Å². The second kappa shape index (κ2) is 6.82. The van der Waals surface area contributed by atoms with Crippen molar-refractivity contribution in [1.29, 1.82) is 0 Å². The van der Waals surface area contributed by atoms with E-state index in [1.54, 1.807) is 0 Å². The topological polar surface area (TPSA) is 101 Å². The Morgan fingerprint density at radius 3 is 2.38 bits per heavy atom. The molecule has 0 aromatic heterocycles. The highest BCUT2D eigenvalue weighted by molar-refractivity contribution is 7.88. The van der Waals surface area contributed by atoms with Crippen LogP contribution in [0.4, 0.5) is 0 Å². The zero-order chi connectivity index (χ0) is 12.8. The highest BCUT2D eigenvalue weighted by Crippen LogP contribution is 2.08. The Bertz CT molecular complexity index is 316. The molecule has 0 bridgehead atoms. The number of hydrogen-bond donors (Lipinski definition) is 3. The lowest BCUT2D eigenvalue weighted by molar-refractivity contribution is -0.123. The molecule has 4 N–H and O–H groups in total. The Hall–Kier alpha value is -0.660. The van der Waals surface area contributed by atoms with Gasteiger partial charge in [-0.15, -0.1) is 0 Å². The van der Waals surface area contributed by atoms with Gasteiger partial charge in [0, 0.05) is 13.1 Å². The van der Waals surface area contributed by atoms with Crippen LogP contribution in [0, 0.1) is 5.92 Å². The van der Waals surface area contributed by atoms with E-state index >= 15 is 0 Å². The van der Waals surface area contributed by atoms with Crippen LogP contribution in [0.15, 0.2) is 0 Å². The smallest absolute Gasteiger partial charge is 0.238 e. The summed E-state index contributed by atoms with van der Waals surface area (Å²) in [5, 5.41) is 2.58. The molecule has 0 saturated carbocycles. The first kappa shape index (κ1) is 15.3. The van der Waals surface area contributed by atoms with E-state index in [0.29, 0.717) is 19.5 Å². The number of rotatable bonds is 7. The van der Waals surface area contributed by atoms with Crippen LogP contribution in [-0.4, -0.2) is 39.7 Å². The van der Waals surface area contributed by atoms with E-state index in [4.69, 9.17) is 5.73 Å². The minimum atomic E-state index is -3.39. The van der Waals surface area contributed by atoms with Crippen molar-refractivity contribution in [3.8, 4) is 0 Å². The summed E-state index contributed by atoms with van der Waals surface area (Å²) in [5.74, 6) is -0.391. The molecule has 0 saturated heterocycles. The quantitative estimate of drug-likeness (QED) is 0.541. The Kier molecular flexibility index (Phi) is 6.54. The third-order valence-corrected chi connectivity index (χ3v) is 2.96. The van der Waals surface area contributed by atoms with Crippen molar-refractivity contribution in [2.75, 3.05) is 19.3 Å². The van der Waals surface area contributed by atoms with E-state index in [2.05, 4.69) is 10.0 Å². The molecule has 0 radical (unpaired) electrons. The van der Waals surface area contributed by atoms with Crippen LogP contribution in [0.25, 0.3) is 0 Å². The lowest BCUT2D eigenvalue weighted by atomic mass is 9.99. The molecule has 0 aliphatic carbocycles. The molecule has 16 heavy (non-hydrogen) atoms. The first-order chi connectivity index (χ1) is 7.31. The Morgan fingerprint density at radius 1 is 1.44 bits per heavy atom. The first-order valence-electron chi connectivity index (χ1n) is 5.27. The van der Waals surface area contributed by atoms with Crippen molar-refractivity contribution in [2.45, 2.75) is 26.3 Å². The van der Waals surface area contributed by atoms with Crippen molar-refractivity contribution in [3.05, 3.63) is 0 Å².